The van der Waals surface area contributed by atoms with E-state index in [0.29, 0.717) is 4.78 Å². The van der Waals surface area contributed by atoms with E-state index < -0.39 is 0 Å². The van der Waals surface area contributed by atoms with Crippen molar-refractivity contribution in [2.24, 2.45) is 0 Å². The Kier molecular flexibility index (Phi) is 2.25. The number of hydrogen-bond acceptors (Lipinski definition) is 1. The van der Waals surface area contributed by atoms with Crippen molar-refractivity contribution in [1.82, 2.24) is 10.3 Å². The molecule has 2 N–H and O–H groups in total. The van der Waals surface area contributed by atoms with Gasteiger partial charge in [0.1, 0.15) is 0 Å². The van der Waals surface area contributed by atoms with E-state index in [2.05, 4.69) is 40.0 Å². The zero-order valence-corrected chi connectivity index (χ0v) is 9.74. The molecular formula is C12H13AlN2. The van der Waals surface area contributed by atoms with Gasteiger partial charge in [0.05, 0.1) is 0 Å². The van der Waals surface area contributed by atoms with Crippen molar-refractivity contribution in [3.63, 3.8) is 0 Å². The zero-order valence-electron chi connectivity index (χ0n) is 8.59. The Hall–Kier alpha value is -0.878. The van der Waals surface area contributed by atoms with E-state index in [1.54, 1.807) is 0 Å². The third kappa shape index (κ3) is 1.39. The number of aromatic amines is 1. The fourth-order valence-corrected chi connectivity index (χ4v) is 3.24. The summed E-state index contributed by atoms with van der Waals surface area (Å²) in [5, 5.41) is 8.96. The Bertz CT molecular complexity index is 515. The van der Waals surface area contributed by atoms with Crippen molar-refractivity contribution in [2.75, 3.05) is 6.54 Å². The Morgan fingerprint density at radius 3 is 3.07 bits per heavy atom. The van der Waals surface area contributed by atoms with E-state index in [4.69, 9.17) is 0 Å². The Morgan fingerprint density at radius 1 is 1.33 bits per heavy atom. The van der Waals surface area contributed by atoms with Crippen LogP contribution < -0.4 is 5.32 Å². The maximum atomic E-state index is 4.10. The molecular weight excluding hydrogens is 199 g/mol. The summed E-state index contributed by atoms with van der Waals surface area (Å²) < 4.78 is 0.626. The summed E-state index contributed by atoms with van der Waals surface area (Å²) in [6.45, 7) is 2.08. The standard InChI is InChI=1S/C11H11N2.CH2.Al/c1-2-4-10-8(3-1)9-7-12-6-5-11(9)13-10;;/h1-5,12-13H,6-7H2;1H2;. The monoisotopic (exact) mass is 212 g/mol. The van der Waals surface area contributed by atoms with Gasteiger partial charge < -0.3 is 0 Å². The second-order valence-electron chi connectivity index (χ2n) is 4.04. The zero-order chi connectivity index (χ0) is 10.3. The molecule has 0 fully saturated rings. The van der Waals surface area contributed by atoms with Crippen molar-refractivity contribution >= 4 is 31.1 Å². The van der Waals surface area contributed by atoms with Gasteiger partial charge in [0.25, 0.3) is 0 Å². The molecule has 2 aromatic rings. The van der Waals surface area contributed by atoms with Crippen LogP contribution in [0.3, 0.4) is 0 Å². The van der Waals surface area contributed by atoms with Crippen molar-refractivity contribution in [3.05, 3.63) is 35.5 Å². The summed E-state index contributed by atoms with van der Waals surface area (Å²) >= 11 is 0.243. The molecule has 1 aromatic heterocycles. The minimum absolute atomic E-state index is 0.243. The predicted molar refractivity (Wildman–Crippen MR) is 65.6 cm³/mol. The number of aromatic nitrogens is 1. The van der Waals surface area contributed by atoms with Gasteiger partial charge in [-0.05, 0) is 0 Å². The number of benzene rings is 1. The van der Waals surface area contributed by atoms with E-state index in [1.807, 2.05) is 0 Å². The van der Waals surface area contributed by atoms with Crippen LogP contribution in [0.1, 0.15) is 16.0 Å². The van der Waals surface area contributed by atoms with Gasteiger partial charge in [-0.15, -0.1) is 0 Å². The summed E-state index contributed by atoms with van der Waals surface area (Å²) in [4.78, 5) is 3.56. The van der Waals surface area contributed by atoms with Gasteiger partial charge in [-0.3, -0.25) is 0 Å². The number of para-hydroxylation sites is 1. The maximum absolute atomic E-state index is 4.10. The van der Waals surface area contributed by atoms with Crippen molar-refractivity contribution < 1.29 is 0 Å². The molecule has 1 aliphatic rings. The molecule has 15 heavy (non-hydrogen) atoms. The average Bonchev–Trinajstić information content (AvgIpc) is 2.67. The Labute approximate surface area is 94.9 Å². The summed E-state index contributed by atoms with van der Waals surface area (Å²) in [7, 11) is 0. The van der Waals surface area contributed by atoms with Crippen LogP contribution in [-0.4, -0.2) is 31.7 Å². The second kappa shape index (κ2) is 3.61. The summed E-state index contributed by atoms with van der Waals surface area (Å²) in [6, 6.07) is 8.55. The molecule has 74 valence electrons. The summed E-state index contributed by atoms with van der Waals surface area (Å²) in [5.41, 5.74) is 4.15. The van der Waals surface area contributed by atoms with Crippen LogP contribution in [0.2, 0.25) is 0 Å². The molecule has 0 saturated carbocycles. The van der Waals surface area contributed by atoms with Crippen LogP contribution in [-0.2, 0) is 6.54 Å². The first kappa shape index (κ1) is 9.36. The Balaban J connectivity index is 2.28. The summed E-state index contributed by atoms with van der Waals surface area (Å²) in [5.74, 6) is 0. The van der Waals surface area contributed by atoms with Crippen molar-refractivity contribution in [3.8, 4) is 0 Å². The molecule has 0 aliphatic carbocycles. The number of fused-ring (bicyclic) bond motifs is 3. The first-order chi connectivity index (χ1) is 7.40. The number of H-pyrrole nitrogens is 1. The molecule has 2 heterocycles. The molecule has 1 aliphatic heterocycles. The van der Waals surface area contributed by atoms with Crippen LogP contribution in [0.5, 0.6) is 0 Å². The average molecular weight is 212 g/mol. The second-order valence-corrected chi connectivity index (χ2v) is 5.31. The van der Waals surface area contributed by atoms with Gasteiger partial charge in [-0.25, -0.2) is 0 Å². The molecule has 0 bridgehead atoms. The third-order valence-electron chi connectivity index (χ3n) is 3.17. The van der Waals surface area contributed by atoms with Crippen LogP contribution in [0.4, 0.5) is 0 Å². The molecule has 1 atom stereocenters. The molecule has 0 amide bonds. The molecule has 3 rings (SSSR count). The van der Waals surface area contributed by atoms with Gasteiger partial charge in [0.2, 0.25) is 0 Å². The molecule has 0 radical (unpaired) electrons. The first-order valence-electron chi connectivity index (χ1n) is 5.33. The molecule has 2 nitrogen and oxygen atoms in total. The molecule has 0 saturated heterocycles. The van der Waals surface area contributed by atoms with Crippen molar-refractivity contribution in [2.45, 2.75) is 11.3 Å². The molecule has 1 aromatic carbocycles. The van der Waals surface area contributed by atoms with Crippen LogP contribution >= 0.6 is 0 Å². The van der Waals surface area contributed by atoms with E-state index in [1.165, 1.54) is 22.2 Å². The molecule has 0 spiro atoms. The fourth-order valence-electron chi connectivity index (χ4n) is 2.38. The van der Waals surface area contributed by atoms with Crippen LogP contribution in [0, 0.1) is 0 Å². The van der Waals surface area contributed by atoms with E-state index in [9.17, 15) is 0 Å². The first-order valence-corrected chi connectivity index (χ1v) is 6.81. The fraction of sp³-hybridized carbons (Fsp3) is 0.250. The van der Waals surface area contributed by atoms with Crippen molar-refractivity contribution in [1.29, 1.82) is 0 Å². The topological polar surface area (TPSA) is 27.8 Å². The normalized spacial score (nSPS) is 19.9. The quantitative estimate of drug-likeness (QED) is 0.688. The van der Waals surface area contributed by atoms with E-state index in [-0.39, 0.29) is 14.8 Å². The van der Waals surface area contributed by atoms with Gasteiger partial charge in [0.15, 0.2) is 0 Å². The SMILES string of the molecule is [CH2]=[Al][CH]1CNCc2c1[nH]c1ccccc21. The van der Waals surface area contributed by atoms with E-state index >= 15 is 0 Å². The Morgan fingerprint density at radius 2 is 2.20 bits per heavy atom. The predicted octanol–water partition coefficient (Wildman–Crippen LogP) is 1.45. The van der Waals surface area contributed by atoms with Gasteiger partial charge in [-0.1, -0.05) is 0 Å². The third-order valence-corrected chi connectivity index (χ3v) is 4.31. The van der Waals surface area contributed by atoms with Gasteiger partial charge in [0, 0.05) is 0 Å². The minimum atomic E-state index is 0.243. The van der Waals surface area contributed by atoms with Crippen LogP contribution in [0.25, 0.3) is 10.9 Å². The molecule has 3 heteroatoms. The molecule has 1 unspecified atom stereocenters. The van der Waals surface area contributed by atoms with Gasteiger partial charge >= 0.3 is 94.8 Å². The number of nitrogens with one attached hydrogen (secondary N) is 2. The number of hydrogen-bond donors (Lipinski definition) is 2. The summed E-state index contributed by atoms with van der Waals surface area (Å²) in [6.07, 6.45) is 0. The number of rotatable bonds is 1. The van der Waals surface area contributed by atoms with E-state index in [0.717, 1.165) is 13.1 Å². The van der Waals surface area contributed by atoms with Gasteiger partial charge in [-0.2, -0.15) is 0 Å². The van der Waals surface area contributed by atoms with Crippen LogP contribution in [0.15, 0.2) is 24.3 Å².